The second kappa shape index (κ2) is 12.9. The summed E-state index contributed by atoms with van der Waals surface area (Å²) in [7, 11) is 0. The zero-order valence-electron chi connectivity index (χ0n) is 24.9. The summed E-state index contributed by atoms with van der Waals surface area (Å²) < 4.78 is 4.57. The molecule has 0 radical (unpaired) electrons. The maximum absolute atomic E-state index is 13.9. The average Bonchev–Trinajstić information content (AvgIpc) is 3.28. The normalized spacial score (nSPS) is 13.8. The molecule has 1 N–H and O–H groups in total. The van der Waals surface area contributed by atoms with Gasteiger partial charge in [0.15, 0.2) is 0 Å². The van der Waals surface area contributed by atoms with Gasteiger partial charge < -0.3 is 10.1 Å². The molecule has 1 aliphatic heterocycles. The summed E-state index contributed by atoms with van der Waals surface area (Å²) in [5.74, 6) is -2.29. The van der Waals surface area contributed by atoms with Crippen LogP contribution in [0.2, 0.25) is 0 Å². The van der Waals surface area contributed by atoms with Crippen molar-refractivity contribution in [2.24, 2.45) is 0 Å². The van der Waals surface area contributed by atoms with Gasteiger partial charge in [-0.1, -0.05) is 103 Å². The van der Waals surface area contributed by atoms with Crippen molar-refractivity contribution in [2.45, 2.75) is 37.2 Å². The molecule has 7 nitrogen and oxygen atoms in total. The summed E-state index contributed by atoms with van der Waals surface area (Å²) in [4.78, 5) is 54.7. The second-order valence-electron chi connectivity index (χ2n) is 11.4. The van der Waals surface area contributed by atoms with Gasteiger partial charge in [-0.3, -0.25) is 24.1 Å². The molecule has 0 spiro atoms. The van der Waals surface area contributed by atoms with E-state index in [2.05, 4.69) is 5.32 Å². The topological polar surface area (TPSA) is 92.8 Å². The molecule has 224 valence electrons. The molecule has 1 heterocycles. The minimum atomic E-state index is -1.22. The Bertz CT molecular complexity index is 1520. The van der Waals surface area contributed by atoms with Crippen LogP contribution in [-0.2, 0) is 19.1 Å². The molecule has 8 heteroatoms. The highest BCUT2D eigenvalue weighted by molar-refractivity contribution is 8.00. The molecule has 44 heavy (non-hydrogen) atoms. The summed E-state index contributed by atoms with van der Waals surface area (Å²) in [5, 5.41) is 2.63. The van der Waals surface area contributed by atoms with E-state index >= 15 is 0 Å². The predicted molar refractivity (Wildman–Crippen MR) is 171 cm³/mol. The lowest BCUT2D eigenvalue weighted by atomic mass is 9.84. The third-order valence-corrected chi connectivity index (χ3v) is 8.89. The van der Waals surface area contributed by atoms with E-state index in [1.807, 2.05) is 91.0 Å². The number of hydrogen-bond acceptors (Lipinski definition) is 6. The van der Waals surface area contributed by atoms with Crippen LogP contribution in [0.5, 0.6) is 0 Å². The number of imide groups is 1. The number of benzene rings is 4. The SMILES string of the molecule is CC(C)(C)OC(=O)CNC(=O)C(CSC(c1ccccc1)(c1ccccc1)c1ccccc1)N1C(=O)c2ccccc2C1=O. The molecule has 0 bridgehead atoms. The minimum Gasteiger partial charge on any atom is -0.459 e. The molecule has 1 aliphatic rings. The Labute approximate surface area is 261 Å². The Balaban J connectivity index is 1.56. The lowest BCUT2D eigenvalue weighted by Gasteiger charge is -2.37. The van der Waals surface area contributed by atoms with Crippen LogP contribution in [0.25, 0.3) is 0 Å². The van der Waals surface area contributed by atoms with Crippen LogP contribution in [0.4, 0.5) is 0 Å². The van der Waals surface area contributed by atoms with E-state index in [9.17, 15) is 19.2 Å². The van der Waals surface area contributed by atoms with Gasteiger partial charge in [0.25, 0.3) is 11.8 Å². The molecule has 0 fully saturated rings. The quantitative estimate of drug-likeness (QED) is 0.139. The van der Waals surface area contributed by atoms with Crippen molar-refractivity contribution in [3.63, 3.8) is 0 Å². The van der Waals surface area contributed by atoms with E-state index in [0.717, 1.165) is 21.6 Å². The molecule has 0 saturated heterocycles. The first-order valence-electron chi connectivity index (χ1n) is 14.4. The Hall–Kier alpha value is -4.69. The lowest BCUT2D eigenvalue weighted by molar-refractivity contribution is -0.154. The highest BCUT2D eigenvalue weighted by Gasteiger charge is 2.45. The number of rotatable bonds is 10. The van der Waals surface area contributed by atoms with Crippen molar-refractivity contribution in [1.29, 1.82) is 0 Å². The van der Waals surface area contributed by atoms with Crippen LogP contribution in [0, 0.1) is 0 Å². The third kappa shape index (κ3) is 6.31. The van der Waals surface area contributed by atoms with Crippen molar-refractivity contribution in [2.75, 3.05) is 12.3 Å². The first-order valence-corrected chi connectivity index (χ1v) is 15.4. The van der Waals surface area contributed by atoms with Gasteiger partial charge >= 0.3 is 5.97 Å². The second-order valence-corrected chi connectivity index (χ2v) is 12.7. The van der Waals surface area contributed by atoms with Gasteiger partial charge in [0.2, 0.25) is 5.91 Å². The molecule has 1 atom stereocenters. The zero-order chi connectivity index (χ0) is 31.3. The van der Waals surface area contributed by atoms with Crippen molar-refractivity contribution in [3.05, 3.63) is 143 Å². The van der Waals surface area contributed by atoms with Crippen molar-refractivity contribution in [3.8, 4) is 0 Å². The maximum atomic E-state index is 13.9. The summed E-state index contributed by atoms with van der Waals surface area (Å²) >= 11 is 1.46. The Kier molecular flexibility index (Phi) is 9.01. The van der Waals surface area contributed by atoms with Crippen molar-refractivity contribution >= 4 is 35.5 Å². The Morgan fingerprint density at radius 1 is 0.705 bits per heavy atom. The molecular formula is C36H34N2O5S. The fraction of sp³-hybridized carbons (Fsp3) is 0.222. The van der Waals surface area contributed by atoms with Gasteiger partial charge in [-0.15, -0.1) is 11.8 Å². The van der Waals surface area contributed by atoms with E-state index in [1.54, 1.807) is 45.0 Å². The molecule has 0 aromatic heterocycles. The molecule has 4 aromatic rings. The van der Waals surface area contributed by atoms with Crippen LogP contribution in [-0.4, -0.2) is 52.5 Å². The van der Waals surface area contributed by atoms with Gasteiger partial charge in [-0.2, -0.15) is 0 Å². The fourth-order valence-corrected chi connectivity index (χ4v) is 7.00. The van der Waals surface area contributed by atoms with E-state index in [4.69, 9.17) is 4.74 Å². The Morgan fingerprint density at radius 2 is 1.11 bits per heavy atom. The Morgan fingerprint density at radius 3 is 1.52 bits per heavy atom. The number of nitrogens with one attached hydrogen (secondary N) is 1. The largest absolute Gasteiger partial charge is 0.459 e. The number of fused-ring (bicyclic) bond motifs is 1. The number of ether oxygens (including phenoxy) is 1. The predicted octanol–water partition coefficient (Wildman–Crippen LogP) is 5.83. The van der Waals surface area contributed by atoms with E-state index in [0.29, 0.717) is 0 Å². The summed E-state index contributed by atoms with van der Waals surface area (Å²) in [6, 6.07) is 35.1. The molecule has 1 unspecified atom stereocenters. The third-order valence-electron chi connectivity index (χ3n) is 7.27. The van der Waals surface area contributed by atoms with Crippen molar-refractivity contribution in [1.82, 2.24) is 10.2 Å². The van der Waals surface area contributed by atoms with Gasteiger partial charge in [-0.25, -0.2) is 0 Å². The summed E-state index contributed by atoms with van der Waals surface area (Å²) in [6.07, 6.45) is 0. The van der Waals surface area contributed by atoms with Crippen LogP contribution >= 0.6 is 11.8 Å². The smallest absolute Gasteiger partial charge is 0.325 e. The summed E-state index contributed by atoms with van der Waals surface area (Å²) in [5.41, 5.74) is 2.66. The van der Waals surface area contributed by atoms with Gasteiger partial charge in [-0.05, 0) is 49.6 Å². The molecule has 4 aromatic carbocycles. The standard InChI is InChI=1S/C36H34N2O5S/c1-35(2,3)43-31(39)23-37-32(40)30(38-33(41)28-21-13-14-22-29(28)34(38)42)24-44-36(25-15-7-4-8-16-25,26-17-9-5-10-18-26)27-19-11-6-12-20-27/h4-22,30H,23-24H2,1-3H3,(H,37,40). The van der Waals surface area contributed by atoms with E-state index in [1.165, 1.54) is 11.8 Å². The van der Waals surface area contributed by atoms with Crippen molar-refractivity contribution < 1.29 is 23.9 Å². The van der Waals surface area contributed by atoms with E-state index < -0.39 is 46.6 Å². The minimum absolute atomic E-state index is 0.0459. The molecular weight excluding hydrogens is 572 g/mol. The zero-order valence-corrected chi connectivity index (χ0v) is 25.7. The van der Waals surface area contributed by atoms with Crippen LogP contribution < -0.4 is 5.32 Å². The van der Waals surface area contributed by atoms with Gasteiger partial charge in [0.05, 0.1) is 15.9 Å². The van der Waals surface area contributed by atoms with Gasteiger partial charge in [0, 0.05) is 5.75 Å². The number of esters is 1. The maximum Gasteiger partial charge on any atom is 0.325 e. The molecule has 3 amide bonds. The molecule has 0 aliphatic carbocycles. The lowest BCUT2D eigenvalue weighted by Crippen LogP contribution is -2.52. The number of carbonyl (C=O) groups is 4. The monoisotopic (exact) mass is 606 g/mol. The van der Waals surface area contributed by atoms with E-state index in [-0.39, 0.29) is 16.9 Å². The first kappa shape index (κ1) is 30.8. The van der Waals surface area contributed by atoms with Crippen LogP contribution in [0.1, 0.15) is 58.2 Å². The average molecular weight is 607 g/mol. The fourth-order valence-electron chi connectivity index (χ4n) is 5.39. The number of amides is 3. The highest BCUT2D eigenvalue weighted by Crippen LogP contribution is 2.49. The number of thioether (sulfide) groups is 1. The number of carbonyl (C=O) groups excluding carboxylic acids is 4. The first-order chi connectivity index (χ1) is 21.1. The van der Waals surface area contributed by atoms with Crippen LogP contribution in [0.3, 0.4) is 0 Å². The molecule has 5 rings (SSSR count). The number of nitrogens with zero attached hydrogens (tertiary/aromatic N) is 1. The molecule has 0 saturated carbocycles. The van der Waals surface area contributed by atoms with Gasteiger partial charge in [0.1, 0.15) is 18.2 Å². The number of hydrogen-bond donors (Lipinski definition) is 1. The highest BCUT2D eigenvalue weighted by atomic mass is 32.2. The summed E-state index contributed by atoms with van der Waals surface area (Å²) in [6.45, 7) is 4.81. The van der Waals surface area contributed by atoms with Crippen LogP contribution in [0.15, 0.2) is 115 Å².